The maximum atomic E-state index is 8.67. The lowest BCUT2D eigenvalue weighted by molar-refractivity contribution is 0.428. The van der Waals surface area contributed by atoms with Crippen LogP contribution in [0, 0.1) is 23.2 Å². The molecule has 0 aromatic rings. The highest BCUT2D eigenvalue weighted by molar-refractivity contribution is 4.78. The first-order valence-electron chi connectivity index (χ1n) is 7.10. The maximum absolute atomic E-state index is 8.67. The lowest BCUT2D eigenvalue weighted by atomic mass is 9.95. The predicted molar refractivity (Wildman–Crippen MR) is 71.2 cm³/mol. The molecule has 2 atom stereocenters. The molecular weight excluding hydrogens is 194 g/mol. The van der Waals surface area contributed by atoms with Crippen molar-refractivity contribution in [3.63, 3.8) is 0 Å². The summed E-state index contributed by atoms with van der Waals surface area (Å²) in [5.41, 5.74) is 0. The number of hydrogen-bond acceptors (Lipinski definition) is 1. The van der Waals surface area contributed by atoms with Gasteiger partial charge in [0.15, 0.2) is 0 Å². The molecule has 0 aliphatic carbocycles. The summed E-state index contributed by atoms with van der Waals surface area (Å²) in [4.78, 5) is 0. The van der Waals surface area contributed by atoms with Crippen molar-refractivity contribution in [1.29, 1.82) is 5.26 Å². The van der Waals surface area contributed by atoms with Gasteiger partial charge < -0.3 is 0 Å². The van der Waals surface area contributed by atoms with Crippen molar-refractivity contribution in [3.8, 4) is 6.07 Å². The molecule has 0 rings (SSSR count). The normalized spacial score (nSPS) is 14.4. The van der Waals surface area contributed by atoms with Crippen LogP contribution in [-0.2, 0) is 0 Å². The highest BCUT2D eigenvalue weighted by Crippen LogP contribution is 2.18. The summed E-state index contributed by atoms with van der Waals surface area (Å²) in [6.45, 7) is 6.64. The molecule has 1 heteroatoms. The van der Waals surface area contributed by atoms with Gasteiger partial charge in [0.2, 0.25) is 0 Å². The van der Waals surface area contributed by atoms with E-state index in [0.717, 1.165) is 12.3 Å². The van der Waals surface area contributed by atoms with Crippen LogP contribution < -0.4 is 0 Å². The van der Waals surface area contributed by atoms with Crippen LogP contribution in [0.25, 0.3) is 0 Å². The average Bonchev–Trinajstić information content (AvgIpc) is 2.28. The van der Waals surface area contributed by atoms with Gasteiger partial charge in [-0.1, -0.05) is 65.2 Å². The Hall–Kier alpha value is -0.510. The SMILES string of the molecule is CCCCCCCC(C)CCCC(C)C#N. The molecule has 94 valence electrons. The van der Waals surface area contributed by atoms with Crippen molar-refractivity contribution in [2.45, 2.75) is 78.6 Å². The number of hydrogen-bond donors (Lipinski definition) is 0. The Morgan fingerprint density at radius 3 is 2.12 bits per heavy atom. The minimum Gasteiger partial charge on any atom is -0.198 e. The summed E-state index contributed by atoms with van der Waals surface area (Å²) in [5, 5.41) is 8.67. The van der Waals surface area contributed by atoms with Crippen LogP contribution in [0.15, 0.2) is 0 Å². The van der Waals surface area contributed by atoms with E-state index in [4.69, 9.17) is 5.26 Å². The Morgan fingerprint density at radius 1 is 0.875 bits per heavy atom. The second kappa shape index (κ2) is 11.0. The van der Waals surface area contributed by atoms with Gasteiger partial charge in [0.05, 0.1) is 6.07 Å². The topological polar surface area (TPSA) is 23.8 Å². The zero-order chi connectivity index (χ0) is 12.2. The van der Waals surface area contributed by atoms with Gasteiger partial charge in [0, 0.05) is 5.92 Å². The third-order valence-electron chi connectivity index (χ3n) is 3.35. The molecule has 0 heterocycles. The number of nitrogens with zero attached hydrogens (tertiary/aromatic N) is 1. The molecule has 0 fully saturated rings. The largest absolute Gasteiger partial charge is 0.198 e. The fourth-order valence-electron chi connectivity index (χ4n) is 2.08. The van der Waals surface area contributed by atoms with Gasteiger partial charge in [0.1, 0.15) is 0 Å². The molecule has 16 heavy (non-hydrogen) atoms. The highest BCUT2D eigenvalue weighted by Gasteiger charge is 2.04. The van der Waals surface area contributed by atoms with E-state index in [9.17, 15) is 0 Å². The first kappa shape index (κ1) is 15.5. The van der Waals surface area contributed by atoms with E-state index < -0.39 is 0 Å². The van der Waals surface area contributed by atoms with Gasteiger partial charge in [-0.2, -0.15) is 5.26 Å². The Kier molecular flexibility index (Phi) is 10.6. The van der Waals surface area contributed by atoms with Crippen molar-refractivity contribution in [3.05, 3.63) is 0 Å². The number of rotatable bonds is 10. The zero-order valence-electron chi connectivity index (χ0n) is 11.5. The van der Waals surface area contributed by atoms with Crippen LogP contribution in [0.3, 0.4) is 0 Å². The summed E-state index contributed by atoms with van der Waals surface area (Å²) >= 11 is 0. The van der Waals surface area contributed by atoms with Crippen LogP contribution in [0.5, 0.6) is 0 Å². The summed E-state index contributed by atoms with van der Waals surface area (Å²) in [6, 6.07) is 2.30. The molecule has 0 bridgehead atoms. The Labute approximate surface area is 102 Å². The monoisotopic (exact) mass is 223 g/mol. The van der Waals surface area contributed by atoms with E-state index in [1.54, 1.807) is 0 Å². The van der Waals surface area contributed by atoms with Crippen LogP contribution >= 0.6 is 0 Å². The van der Waals surface area contributed by atoms with E-state index >= 15 is 0 Å². The van der Waals surface area contributed by atoms with Crippen molar-refractivity contribution in [2.75, 3.05) is 0 Å². The Balaban J connectivity index is 3.25. The summed E-state index contributed by atoms with van der Waals surface area (Å²) in [7, 11) is 0. The molecule has 0 aromatic heterocycles. The fraction of sp³-hybridized carbons (Fsp3) is 0.933. The van der Waals surface area contributed by atoms with E-state index in [2.05, 4.69) is 19.9 Å². The minimum absolute atomic E-state index is 0.247. The lowest BCUT2D eigenvalue weighted by Gasteiger charge is -2.11. The molecule has 2 unspecified atom stereocenters. The summed E-state index contributed by atoms with van der Waals surface area (Å²) in [6.07, 6.45) is 11.9. The standard InChI is InChI=1S/C15H29N/c1-4-5-6-7-8-10-14(2)11-9-12-15(3)13-16/h14-15H,4-12H2,1-3H3. The van der Waals surface area contributed by atoms with Crippen LogP contribution in [0.1, 0.15) is 78.6 Å². The summed E-state index contributed by atoms with van der Waals surface area (Å²) in [5.74, 6) is 1.10. The Bertz CT molecular complexity index is 180. The van der Waals surface area contributed by atoms with E-state index in [0.29, 0.717) is 0 Å². The summed E-state index contributed by atoms with van der Waals surface area (Å²) < 4.78 is 0. The molecule has 0 aliphatic rings. The number of nitriles is 1. The molecule has 0 aliphatic heterocycles. The molecule has 1 nitrogen and oxygen atoms in total. The maximum Gasteiger partial charge on any atom is 0.0652 e. The van der Waals surface area contributed by atoms with Crippen molar-refractivity contribution in [1.82, 2.24) is 0 Å². The quantitative estimate of drug-likeness (QED) is 0.460. The Morgan fingerprint density at radius 2 is 1.50 bits per heavy atom. The number of unbranched alkanes of at least 4 members (excludes halogenated alkanes) is 4. The van der Waals surface area contributed by atoms with Crippen molar-refractivity contribution < 1.29 is 0 Å². The molecule has 0 aromatic carbocycles. The third kappa shape index (κ3) is 10.0. The molecule has 0 spiro atoms. The lowest BCUT2D eigenvalue weighted by Crippen LogP contribution is -1.97. The van der Waals surface area contributed by atoms with Gasteiger partial charge in [-0.25, -0.2) is 0 Å². The van der Waals surface area contributed by atoms with E-state index in [-0.39, 0.29) is 5.92 Å². The molecular formula is C15H29N. The first-order valence-corrected chi connectivity index (χ1v) is 7.10. The van der Waals surface area contributed by atoms with Crippen LogP contribution in [-0.4, -0.2) is 0 Å². The predicted octanol–water partition coefficient (Wildman–Crippen LogP) is 5.31. The second-order valence-electron chi connectivity index (χ2n) is 5.27. The van der Waals surface area contributed by atoms with Crippen LogP contribution in [0.4, 0.5) is 0 Å². The van der Waals surface area contributed by atoms with Gasteiger partial charge in [0.25, 0.3) is 0 Å². The molecule has 0 N–H and O–H groups in total. The molecule has 0 saturated heterocycles. The van der Waals surface area contributed by atoms with Gasteiger partial charge in [-0.15, -0.1) is 0 Å². The van der Waals surface area contributed by atoms with Gasteiger partial charge >= 0.3 is 0 Å². The molecule has 0 saturated carbocycles. The third-order valence-corrected chi connectivity index (χ3v) is 3.35. The van der Waals surface area contributed by atoms with E-state index in [1.165, 1.54) is 51.4 Å². The fourth-order valence-corrected chi connectivity index (χ4v) is 2.08. The van der Waals surface area contributed by atoms with Gasteiger partial charge in [-0.05, 0) is 19.3 Å². The molecule has 0 radical (unpaired) electrons. The van der Waals surface area contributed by atoms with E-state index in [1.807, 2.05) is 6.92 Å². The highest BCUT2D eigenvalue weighted by atomic mass is 14.3. The first-order chi connectivity index (χ1) is 7.70. The zero-order valence-corrected chi connectivity index (χ0v) is 11.5. The average molecular weight is 223 g/mol. The van der Waals surface area contributed by atoms with Gasteiger partial charge in [-0.3, -0.25) is 0 Å². The van der Waals surface area contributed by atoms with Crippen LogP contribution in [0.2, 0.25) is 0 Å². The van der Waals surface area contributed by atoms with Crippen molar-refractivity contribution in [2.24, 2.45) is 11.8 Å². The molecule has 0 amide bonds. The smallest absolute Gasteiger partial charge is 0.0652 e. The second-order valence-corrected chi connectivity index (χ2v) is 5.27. The van der Waals surface area contributed by atoms with Crippen molar-refractivity contribution >= 4 is 0 Å². The minimum atomic E-state index is 0.247.